The third kappa shape index (κ3) is 6.55. The second-order valence-corrected chi connectivity index (χ2v) is 8.21. The smallest absolute Gasteiger partial charge is 0.187 e. The van der Waals surface area contributed by atoms with Crippen LogP contribution >= 0.6 is 0 Å². The van der Waals surface area contributed by atoms with Crippen LogP contribution in [-0.4, -0.2) is 100 Å². The summed E-state index contributed by atoms with van der Waals surface area (Å²) in [5.41, 5.74) is 6.13. The number of aliphatic hydroxyl groups is 5. The van der Waals surface area contributed by atoms with Crippen LogP contribution in [-0.2, 0) is 18.9 Å². The van der Waals surface area contributed by atoms with E-state index in [2.05, 4.69) is 6.92 Å². The van der Waals surface area contributed by atoms with Crippen LogP contribution in [0.4, 0.5) is 0 Å². The van der Waals surface area contributed by atoms with Gasteiger partial charge in [-0.1, -0.05) is 39.0 Å². The molecule has 0 spiro atoms. The first kappa shape index (κ1) is 25.9. The molecule has 0 radical (unpaired) electrons. The van der Waals surface area contributed by atoms with Gasteiger partial charge in [0.1, 0.15) is 36.6 Å². The quantitative estimate of drug-likeness (QED) is 0.220. The summed E-state index contributed by atoms with van der Waals surface area (Å²) in [5, 5.41) is 49.9. The van der Waals surface area contributed by atoms with Gasteiger partial charge in [-0.15, -0.1) is 0 Å². The molecule has 10 atom stereocenters. The van der Waals surface area contributed by atoms with Crippen LogP contribution in [0.3, 0.4) is 0 Å². The summed E-state index contributed by atoms with van der Waals surface area (Å²) in [6, 6.07) is -0.986. The molecule has 0 aromatic heterocycles. The fourth-order valence-electron chi connectivity index (χ4n) is 3.76. The van der Waals surface area contributed by atoms with Crippen molar-refractivity contribution in [3.8, 4) is 0 Å². The standard InChI is InChI=1S/C20H39NO9/c1-3-4-5-6-7-8-9-27-20-18(13(21)15(24)12(10-22)29-20)30-19-17(26)16(25)14(23)11(2)28-19/h11-20,22-26H,3-10,21H2,1-2H3/t11-,12+,13-,14+,15-,16+,17-,18+,19-,20+/m0/s1. The fraction of sp³-hybridized carbons (Fsp3) is 1.00. The summed E-state index contributed by atoms with van der Waals surface area (Å²) in [5.74, 6) is 0. The lowest BCUT2D eigenvalue weighted by Crippen LogP contribution is -2.66. The van der Waals surface area contributed by atoms with Gasteiger partial charge in [-0.3, -0.25) is 0 Å². The Kier molecular flexibility index (Phi) is 10.9. The van der Waals surface area contributed by atoms with Crippen LogP contribution in [0.25, 0.3) is 0 Å². The summed E-state index contributed by atoms with van der Waals surface area (Å²) in [6.07, 6.45) is -4.01. The Hall–Kier alpha value is -0.400. The Morgan fingerprint density at radius 2 is 1.50 bits per heavy atom. The van der Waals surface area contributed by atoms with Gasteiger partial charge in [0.15, 0.2) is 12.6 Å². The van der Waals surface area contributed by atoms with Crippen LogP contribution < -0.4 is 5.73 Å². The lowest BCUT2D eigenvalue weighted by Gasteiger charge is -2.46. The molecule has 2 aliphatic rings. The van der Waals surface area contributed by atoms with Gasteiger partial charge in [-0.2, -0.15) is 0 Å². The molecule has 0 bridgehead atoms. The van der Waals surface area contributed by atoms with Gasteiger partial charge in [0.2, 0.25) is 0 Å². The molecule has 2 saturated heterocycles. The highest BCUT2D eigenvalue weighted by atomic mass is 16.7. The molecule has 178 valence electrons. The topological polar surface area (TPSA) is 164 Å². The Morgan fingerprint density at radius 3 is 2.17 bits per heavy atom. The summed E-state index contributed by atoms with van der Waals surface area (Å²) in [4.78, 5) is 0. The second kappa shape index (κ2) is 12.6. The average Bonchev–Trinajstić information content (AvgIpc) is 2.74. The van der Waals surface area contributed by atoms with Gasteiger partial charge in [-0.25, -0.2) is 0 Å². The molecule has 2 rings (SSSR count). The van der Waals surface area contributed by atoms with Crippen molar-refractivity contribution >= 4 is 0 Å². The van der Waals surface area contributed by atoms with Crippen LogP contribution in [0.15, 0.2) is 0 Å². The van der Waals surface area contributed by atoms with Crippen LogP contribution in [0.2, 0.25) is 0 Å². The average molecular weight is 438 g/mol. The molecule has 10 nitrogen and oxygen atoms in total. The first-order valence-electron chi connectivity index (χ1n) is 11.0. The van der Waals surface area contributed by atoms with E-state index in [1.165, 1.54) is 26.2 Å². The number of rotatable bonds is 11. The van der Waals surface area contributed by atoms with Crippen molar-refractivity contribution in [2.24, 2.45) is 5.73 Å². The maximum atomic E-state index is 10.3. The number of unbranched alkanes of at least 4 members (excludes halogenated alkanes) is 5. The van der Waals surface area contributed by atoms with Crippen molar-refractivity contribution in [1.29, 1.82) is 0 Å². The second-order valence-electron chi connectivity index (χ2n) is 8.21. The van der Waals surface area contributed by atoms with E-state index in [1.54, 1.807) is 0 Å². The van der Waals surface area contributed by atoms with Gasteiger partial charge in [0.05, 0.1) is 18.8 Å². The van der Waals surface area contributed by atoms with Gasteiger partial charge in [0.25, 0.3) is 0 Å². The zero-order valence-corrected chi connectivity index (χ0v) is 17.9. The van der Waals surface area contributed by atoms with Crippen LogP contribution in [0, 0.1) is 0 Å². The first-order valence-corrected chi connectivity index (χ1v) is 11.0. The van der Waals surface area contributed by atoms with Gasteiger partial charge >= 0.3 is 0 Å². The maximum absolute atomic E-state index is 10.3. The summed E-state index contributed by atoms with van der Waals surface area (Å²) in [7, 11) is 0. The van der Waals surface area contributed by atoms with Gasteiger partial charge < -0.3 is 50.2 Å². The number of aliphatic hydroxyl groups excluding tert-OH is 5. The molecule has 0 aromatic carbocycles. The minimum Gasteiger partial charge on any atom is -0.394 e. The van der Waals surface area contributed by atoms with E-state index in [-0.39, 0.29) is 0 Å². The highest BCUT2D eigenvalue weighted by Gasteiger charge is 2.49. The van der Waals surface area contributed by atoms with Crippen molar-refractivity contribution in [3.63, 3.8) is 0 Å². The molecule has 2 heterocycles. The number of hydrogen-bond donors (Lipinski definition) is 6. The molecular formula is C20H39NO9. The molecule has 10 heteroatoms. The Bertz CT molecular complexity index is 485. The molecule has 2 fully saturated rings. The summed E-state index contributed by atoms with van der Waals surface area (Å²) < 4.78 is 22.7. The monoisotopic (exact) mass is 437 g/mol. The predicted octanol–water partition coefficient (Wildman–Crippen LogP) is -1.02. The van der Waals surface area contributed by atoms with E-state index in [9.17, 15) is 25.5 Å². The molecule has 30 heavy (non-hydrogen) atoms. The third-order valence-corrected chi connectivity index (χ3v) is 5.79. The number of hydrogen-bond acceptors (Lipinski definition) is 10. The Balaban J connectivity index is 1.97. The first-order chi connectivity index (χ1) is 14.3. The van der Waals surface area contributed by atoms with Crippen LogP contribution in [0.1, 0.15) is 52.4 Å². The minimum atomic E-state index is -1.52. The zero-order valence-electron chi connectivity index (χ0n) is 17.9. The highest BCUT2D eigenvalue weighted by Crippen LogP contribution is 2.29. The Morgan fingerprint density at radius 1 is 0.833 bits per heavy atom. The van der Waals surface area contributed by atoms with Crippen molar-refractivity contribution < 1.29 is 44.5 Å². The summed E-state index contributed by atoms with van der Waals surface area (Å²) >= 11 is 0. The fourth-order valence-corrected chi connectivity index (χ4v) is 3.76. The van der Waals surface area contributed by atoms with Crippen molar-refractivity contribution in [2.75, 3.05) is 13.2 Å². The molecule has 0 aromatic rings. The maximum Gasteiger partial charge on any atom is 0.187 e. The lowest BCUT2D eigenvalue weighted by atomic mass is 9.96. The van der Waals surface area contributed by atoms with Crippen molar-refractivity contribution in [3.05, 3.63) is 0 Å². The zero-order chi connectivity index (χ0) is 22.3. The number of nitrogens with two attached hydrogens (primary N) is 1. The van der Waals surface area contributed by atoms with Crippen molar-refractivity contribution in [2.45, 2.75) is 114 Å². The van der Waals surface area contributed by atoms with E-state index in [4.69, 9.17) is 24.7 Å². The molecule has 7 N–H and O–H groups in total. The SMILES string of the molecule is CCCCCCCCO[C@@H]1O[C@H](CO)[C@H](O)[C@H](N)[C@H]1O[C@@H]1O[C@@H](C)[C@@H](O)[C@@H](O)[C@@H]1O. The number of ether oxygens (including phenoxy) is 4. The third-order valence-electron chi connectivity index (χ3n) is 5.79. The largest absolute Gasteiger partial charge is 0.394 e. The molecule has 0 aliphatic carbocycles. The van der Waals surface area contributed by atoms with Crippen molar-refractivity contribution in [1.82, 2.24) is 0 Å². The minimum absolute atomic E-state index is 0.378. The summed E-state index contributed by atoms with van der Waals surface area (Å²) in [6.45, 7) is 3.63. The molecule has 0 amide bonds. The predicted molar refractivity (Wildman–Crippen MR) is 106 cm³/mol. The van der Waals surface area contributed by atoms with E-state index in [0.717, 1.165) is 19.3 Å². The normalized spacial score (nSPS) is 42.4. The lowest BCUT2D eigenvalue weighted by molar-refractivity contribution is -0.350. The molecular weight excluding hydrogens is 398 g/mol. The van der Waals surface area contributed by atoms with E-state index in [0.29, 0.717) is 6.61 Å². The van der Waals surface area contributed by atoms with E-state index in [1.807, 2.05) is 0 Å². The van der Waals surface area contributed by atoms with E-state index < -0.39 is 68.0 Å². The molecule has 2 aliphatic heterocycles. The van der Waals surface area contributed by atoms with Gasteiger partial charge in [-0.05, 0) is 13.3 Å². The van der Waals surface area contributed by atoms with Crippen LogP contribution in [0.5, 0.6) is 0 Å². The molecule has 0 unspecified atom stereocenters. The Labute approximate surface area is 177 Å². The van der Waals surface area contributed by atoms with Gasteiger partial charge in [0, 0.05) is 6.61 Å². The van der Waals surface area contributed by atoms with E-state index >= 15 is 0 Å². The molecule has 0 saturated carbocycles. The highest BCUT2D eigenvalue weighted by molar-refractivity contribution is 4.95.